The largest absolute Gasteiger partial charge is 0.385 e. The standard InChI is InChI=1S/C15H12BrClF2O/c1-15(20,11-4-3-10(16)7-12(11)17)8-9-2-5-13(18)14(19)6-9/h2-7,20H,8H2,1H3. The van der Waals surface area contributed by atoms with Crippen molar-refractivity contribution in [2.24, 2.45) is 0 Å². The molecule has 1 N–H and O–H groups in total. The molecule has 0 aromatic heterocycles. The first-order valence-corrected chi connectivity index (χ1v) is 7.08. The van der Waals surface area contributed by atoms with Crippen LogP contribution in [-0.4, -0.2) is 5.11 Å². The Bertz CT molecular complexity index is 644. The topological polar surface area (TPSA) is 20.2 Å². The summed E-state index contributed by atoms with van der Waals surface area (Å²) < 4.78 is 26.9. The Kier molecular flexibility index (Phi) is 4.47. The van der Waals surface area contributed by atoms with Crippen molar-refractivity contribution < 1.29 is 13.9 Å². The van der Waals surface area contributed by atoms with E-state index in [0.717, 1.165) is 16.6 Å². The molecule has 0 radical (unpaired) electrons. The van der Waals surface area contributed by atoms with Gasteiger partial charge in [-0.3, -0.25) is 0 Å². The molecule has 0 bridgehead atoms. The predicted molar refractivity (Wildman–Crippen MR) is 78.8 cm³/mol. The van der Waals surface area contributed by atoms with E-state index in [9.17, 15) is 13.9 Å². The van der Waals surface area contributed by atoms with E-state index < -0.39 is 17.2 Å². The van der Waals surface area contributed by atoms with Crippen molar-refractivity contribution in [3.8, 4) is 0 Å². The van der Waals surface area contributed by atoms with Crippen molar-refractivity contribution in [1.29, 1.82) is 0 Å². The Morgan fingerprint density at radius 2 is 1.85 bits per heavy atom. The van der Waals surface area contributed by atoms with E-state index in [1.54, 1.807) is 25.1 Å². The van der Waals surface area contributed by atoms with Gasteiger partial charge in [-0.15, -0.1) is 0 Å². The summed E-state index contributed by atoms with van der Waals surface area (Å²) in [6.45, 7) is 1.59. The molecule has 1 atom stereocenters. The molecule has 0 amide bonds. The van der Waals surface area contributed by atoms with Gasteiger partial charge in [0.05, 0.1) is 5.60 Å². The molecule has 106 valence electrons. The van der Waals surface area contributed by atoms with Crippen molar-refractivity contribution >= 4 is 27.5 Å². The number of hydrogen-bond donors (Lipinski definition) is 1. The summed E-state index contributed by atoms with van der Waals surface area (Å²) in [5.41, 5.74) is -0.248. The van der Waals surface area contributed by atoms with Crippen LogP contribution in [0.5, 0.6) is 0 Å². The summed E-state index contributed by atoms with van der Waals surface area (Å²) in [5.74, 6) is -1.84. The Labute approximate surface area is 129 Å². The zero-order valence-electron chi connectivity index (χ0n) is 10.6. The van der Waals surface area contributed by atoms with Crippen LogP contribution >= 0.6 is 27.5 Å². The van der Waals surface area contributed by atoms with Crippen LogP contribution in [0.25, 0.3) is 0 Å². The van der Waals surface area contributed by atoms with Gasteiger partial charge in [0.25, 0.3) is 0 Å². The second-order valence-electron chi connectivity index (χ2n) is 4.82. The van der Waals surface area contributed by atoms with Crippen molar-refractivity contribution in [2.75, 3.05) is 0 Å². The molecule has 2 aromatic rings. The fourth-order valence-corrected chi connectivity index (χ4v) is 2.95. The number of hydrogen-bond acceptors (Lipinski definition) is 1. The molecule has 0 aliphatic carbocycles. The van der Waals surface area contributed by atoms with E-state index in [2.05, 4.69) is 15.9 Å². The van der Waals surface area contributed by atoms with Crippen LogP contribution in [0.15, 0.2) is 40.9 Å². The van der Waals surface area contributed by atoms with Crippen molar-refractivity contribution in [3.05, 3.63) is 68.7 Å². The molecule has 0 aliphatic rings. The minimum Gasteiger partial charge on any atom is -0.385 e. The van der Waals surface area contributed by atoms with E-state index in [1.807, 2.05) is 0 Å². The van der Waals surface area contributed by atoms with Crippen molar-refractivity contribution in [1.82, 2.24) is 0 Å². The van der Waals surface area contributed by atoms with Crippen LogP contribution in [0.2, 0.25) is 5.02 Å². The predicted octanol–water partition coefficient (Wildman–Crippen LogP) is 4.83. The minimum atomic E-state index is -1.28. The third-order valence-electron chi connectivity index (χ3n) is 3.04. The molecular formula is C15H12BrClF2O. The van der Waals surface area contributed by atoms with Gasteiger partial charge in [0.15, 0.2) is 11.6 Å². The second kappa shape index (κ2) is 5.80. The molecule has 5 heteroatoms. The zero-order valence-corrected chi connectivity index (χ0v) is 13.0. The molecule has 0 saturated heterocycles. The quantitative estimate of drug-likeness (QED) is 0.830. The summed E-state index contributed by atoms with van der Waals surface area (Å²) in [5, 5.41) is 11.0. The molecule has 2 rings (SSSR count). The maximum Gasteiger partial charge on any atom is 0.159 e. The fraction of sp³-hybridized carbons (Fsp3) is 0.200. The highest BCUT2D eigenvalue weighted by atomic mass is 79.9. The number of rotatable bonds is 3. The van der Waals surface area contributed by atoms with E-state index in [0.29, 0.717) is 16.1 Å². The summed E-state index contributed by atoms with van der Waals surface area (Å²) in [7, 11) is 0. The van der Waals surface area contributed by atoms with Crippen LogP contribution in [0, 0.1) is 11.6 Å². The number of benzene rings is 2. The van der Waals surface area contributed by atoms with Crippen molar-refractivity contribution in [3.63, 3.8) is 0 Å². The second-order valence-corrected chi connectivity index (χ2v) is 6.15. The number of aliphatic hydroxyl groups is 1. The van der Waals surface area contributed by atoms with Crippen LogP contribution in [0.3, 0.4) is 0 Å². The van der Waals surface area contributed by atoms with Gasteiger partial charge in [0.2, 0.25) is 0 Å². The molecule has 20 heavy (non-hydrogen) atoms. The summed E-state index contributed by atoms with van der Waals surface area (Å²) in [4.78, 5) is 0. The molecule has 2 aromatic carbocycles. The van der Waals surface area contributed by atoms with Gasteiger partial charge in [-0.2, -0.15) is 0 Å². The Hall–Kier alpha value is -0.970. The summed E-state index contributed by atoms with van der Waals surface area (Å²) >= 11 is 9.40. The Morgan fingerprint density at radius 1 is 1.15 bits per heavy atom. The van der Waals surface area contributed by atoms with Gasteiger partial charge < -0.3 is 5.11 Å². The highest BCUT2D eigenvalue weighted by Gasteiger charge is 2.26. The average molecular weight is 362 g/mol. The fourth-order valence-electron chi connectivity index (χ4n) is 2.07. The van der Waals surface area contributed by atoms with Crippen LogP contribution in [0.1, 0.15) is 18.1 Å². The van der Waals surface area contributed by atoms with Gasteiger partial charge >= 0.3 is 0 Å². The monoisotopic (exact) mass is 360 g/mol. The Morgan fingerprint density at radius 3 is 2.45 bits per heavy atom. The van der Waals surface area contributed by atoms with Crippen molar-refractivity contribution in [2.45, 2.75) is 18.9 Å². The summed E-state index contributed by atoms with van der Waals surface area (Å²) in [6.07, 6.45) is 0.131. The smallest absolute Gasteiger partial charge is 0.159 e. The van der Waals surface area contributed by atoms with Gasteiger partial charge in [-0.05, 0) is 36.8 Å². The third kappa shape index (κ3) is 3.37. The molecule has 0 aliphatic heterocycles. The van der Waals surface area contributed by atoms with Crippen LogP contribution in [-0.2, 0) is 12.0 Å². The lowest BCUT2D eigenvalue weighted by Crippen LogP contribution is -2.24. The zero-order chi connectivity index (χ0) is 14.9. The molecule has 0 spiro atoms. The molecule has 0 heterocycles. The lowest BCUT2D eigenvalue weighted by molar-refractivity contribution is 0.0576. The lowest BCUT2D eigenvalue weighted by Gasteiger charge is -2.25. The molecule has 0 saturated carbocycles. The molecular weight excluding hydrogens is 350 g/mol. The van der Waals surface area contributed by atoms with Gasteiger partial charge in [-0.1, -0.05) is 39.7 Å². The van der Waals surface area contributed by atoms with Crippen LogP contribution in [0.4, 0.5) is 8.78 Å². The minimum absolute atomic E-state index is 0.131. The Balaban J connectivity index is 2.32. The maximum absolute atomic E-state index is 13.2. The first-order valence-electron chi connectivity index (χ1n) is 5.91. The highest BCUT2D eigenvalue weighted by Crippen LogP contribution is 2.33. The van der Waals surface area contributed by atoms with E-state index in [4.69, 9.17) is 11.6 Å². The lowest BCUT2D eigenvalue weighted by atomic mass is 9.89. The SMILES string of the molecule is CC(O)(Cc1ccc(F)c(F)c1)c1ccc(Br)cc1Cl. The molecule has 1 unspecified atom stereocenters. The maximum atomic E-state index is 13.2. The van der Waals surface area contributed by atoms with E-state index in [-0.39, 0.29) is 6.42 Å². The van der Waals surface area contributed by atoms with E-state index in [1.165, 1.54) is 6.07 Å². The average Bonchev–Trinajstić information content (AvgIpc) is 2.33. The molecule has 0 fully saturated rings. The first-order chi connectivity index (χ1) is 9.29. The van der Waals surface area contributed by atoms with Gasteiger partial charge in [0, 0.05) is 21.5 Å². The highest BCUT2D eigenvalue weighted by molar-refractivity contribution is 9.10. The third-order valence-corrected chi connectivity index (χ3v) is 3.85. The normalized spacial score (nSPS) is 14.1. The number of halogens is 4. The molecule has 1 nitrogen and oxygen atoms in total. The van der Waals surface area contributed by atoms with Gasteiger partial charge in [0.1, 0.15) is 0 Å². The first kappa shape index (κ1) is 15.4. The van der Waals surface area contributed by atoms with Crippen LogP contribution < -0.4 is 0 Å². The van der Waals surface area contributed by atoms with E-state index >= 15 is 0 Å². The van der Waals surface area contributed by atoms with Gasteiger partial charge in [-0.25, -0.2) is 8.78 Å². The summed E-state index contributed by atoms with van der Waals surface area (Å²) in [6, 6.07) is 8.71.